The summed E-state index contributed by atoms with van der Waals surface area (Å²) in [5.74, 6) is 1.11. The highest BCUT2D eigenvalue weighted by molar-refractivity contribution is 6.31. The van der Waals surface area contributed by atoms with Gasteiger partial charge in [0.05, 0.1) is 27.4 Å². The van der Waals surface area contributed by atoms with E-state index in [1.807, 2.05) is 24.3 Å². The van der Waals surface area contributed by atoms with Gasteiger partial charge in [-0.05, 0) is 53.9 Å². The van der Waals surface area contributed by atoms with Crippen molar-refractivity contribution < 1.29 is 24.1 Å². The van der Waals surface area contributed by atoms with Crippen molar-refractivity contribution in [3.05, 3.63) is 81.8 Å². The molecule has 0 radical (unpaired) electrons. The summed E-state index contributed by atoms with van der Waals surface area (Å²) in [5, 5.41) is 18.6. The van der Waals surface area contributed by atoms with E-state index >= 15 is 0 Å². The van der Waals surface area contributed by atoms with Crippen molar-refractivity contribution in [1.29, 1.82) is 0 Å². The number of benzene rings is 2. The maximum Gasteiger partial charge on any atom is 0.273 e. The molecule has 1 unspecified atom stereocenters. The standard InChI is InChI=1S/C27H25ClN4O5/c1-14-8-19(33)17(11-18(14)28)23-22-24(31-30-23)27(34)32(13-15-6-5-7-29-12-15)25(22)16-9-20(35-2)26(37-4)21(10-16)36-3/h5-12,25,33H,13H2,1-4H3,(H,30,31). The van der Waals surface area contributed by atoms with Crippen molar-refractivity contribution in [3.63, 3.8) is 0 Å². The van der Waals surface area contributed by atoms with Gasteiger partial charge in [0.1, 0.15) is 17.1 Å². The van der Waals surface area contributed by atoms with Crippen LogP contribution in [0.15, 0.2) is 48.8 Å². The van der Waals surface area contributed by atoms with E-state index in [0.29, 0.717) is 50.3 Å². The molecule has 1 aliphatic heterocycles. The lowest BCUT2D eigenvalue weighted by Gasteiger charge is -2.27. The number of pyridine rings is 1. The van der Waals surface area contributed by atoms with E-state index in [1.54, 1.807) is 36.4 Å². The number of carbonyl (C=O) groups excluding carboxylic acids is 1. The fraction of sp³-hybridized carbons (Fsp3) is 0.222. The molecule has 2 N–H and O–H groups in total. The monoisotopic (exact) mass is 520 g/mol. The molecule has 1 amide bonds. The number of hydrogen-bond donors (Lipinski definition) is 2. The second kappa shape index (κ2) is 9.67. The molecule has 5 rings (SSSR count). The van der Waals surface area contributed by atoms with E-state index in [4.69, 9.17) is 25.8 Å². The quantitative estimate of drug-likeness (QED) is 0.356. The minimum absolute atomic E-state index is 0.0120. The van der Waals surface area contributed by atoms with E-state index in [9.17, 15) is 9.90 Å². The number of nitrogens with one attached hydrogen (secondary N) is 1. The van der Waals surface area contributed by atoms with Crippen LogP contribution >= 0.6 is 11.6 Å². The zero-order chi connectivity index (χ0) is 26.3. The number of hydrogen-bond acceptors (Lipinski definition) is 7. The molecule has 2 aromatic carbocycles. The van der Waals surface area contributed by atoms with E-state index in [0.717, 1.165) is 11.1 Å². The number of halogens is 1. The van der Waals surface area contributed by atoms with E-state index in [-0.39, 0.29) is 18.2 Å². The van der Waals surface area contributed by atoms with Crippen molar-refractivity contribution in [1.82, 2.24) is 20.1 Å². The molecule has 3 heterocycles. The van der Waals surface area contributed by atoms with Crippen LogP contribution in [0.3, 0.4) is 0 Å². The summed E-state index contributed by atoms with van der Waals surface area (Å²) < 4.78 is 16.7. The molecule has 2 aromatic heterocycles. The summed E-state index contributed by atoms with van der Waals surface area (Å²) in [4.78, 5) is 19.6. The third-order valence-electron chi connectivity index (χ3n) is 6.47. The molecule has 1 atom stereocenters. The molecule has 0 spiro atoms. The summed E-state index contributed by atoms with van der Waals surface area (Å²) in [6, 6.07) is 9.99. The number of aryl methyl sites for hydroxylation is 1. The van der Waals surface area contributed by atoms with Crippen LogP contribution in [0, 0.1) is 6.92 Å². The second-order valence-electron chi connectivity index (χ2n) is 8.63. The first-order valence-corrected chi connectivity index (χ1v) is 11.8. The van der Waals surface area contributed by atoms with Crippen molar-refractivity contribution in [2.24, 2.45) is 0 Å². The Morgan fingerprint density at radius 2 is 1.84 bits per heavy atom. The predicted molar refractivity (Wildman–Crippen MR) is 137 cm³/mol. The van der Waals surface area contributed by atoms with Gasteiger partial charge in [0.25, 0.3) is 5.91 Å². The number of fused-ring (bicyclic) bond motifs is 1. The van der Waals surface area contributed by atoms with Crippen LogP contribution in [-0.2, 0) is 6.54 Å². The van der Waals surface area contributed by atoms with Gasteiger partial charge in [0, 0.05) is 35.1 Å². The van der Waals surface area contributed by atoms with E-state index in [2.05, 4.69) is 15.2 Å². The van der Waals surface area contributed by atoms with Crippen LogP contribution in [0.25, 0.3) is 11.3 Å². The highest BCUT2D eigenvalue weighted by atomic mass is 35.5. The van der Waals surface area contributed by atoms with Gasteiger partial charge in [-0.15, -0.1) is 0 Å². The lowest BCUT2D eigenvalue weighted by Crippen LogP contribution is -2.29. The molecule has 37 heavy (non-hydrogen) atoms. The van der Waals surface area contributed by atoms with Crippen LogP contribution in [0.4, 0.5) is 0 Å². The largest absolute Gasteiger partial charge is 0.507 e. The maximum absolute atomic E-state index is 13.7. The number of phenolic OH excluding ortho intramolecular Hbond substituents is 1. The number of ether oxygens (including phenoxy) is 3. The SMILES string of the molecule is COc1cc(C2c3c(-c4cc(Cl)c(C)cc4O)n[nH]c3C(=O)N2Cc2cccnc2)cc(OC)c1OC. The topological polar surface area (TPSA) is 110 Å². The number of rotatable bonds is 7. The zero-order valence-electron chi connectivity index (χ0n) is 20.7. The fourth-order valence-electron chi connectivity index (χ4n) is 4.72. The predicted octanol–water partition coefficient (Wildman–Crippen LogP) is 4.91. The molecule has 0 bridgehead atoms. The molecule has 0 saturated carbocycles. The number of methoxy groups -OCH3 is 3. The Hall–Kier alpha value is -4.24. The lowest BCUT2D eigenvalue weighted by atomic mass is 9.94. The summed E-state index contributed by atoms with van der Waals surface area (Å²) in [6.07, 6.45) is 3.40. The summed E-state index contributed by atoms with van der Waals surface area (Å²) in [5.41, 5.74) is 4.08. The smallest absolute Gasteiger partial charge is 0.273 e. The summed E-state index contributed by atoms with van der Waals surface area (Å²) in [7, 11) is 4.61. The van der Waals surface area contributed by atoms with Crippen molar-refractivity contribution >= 4 is 17.5 Å². The van der Waals surface area contributed by atoms with Gasteiger partial charge in [-0.2, -0.15) is 5.10 Å². The molecule has 9 nitrogen and oxygen atoms in total. The number of H-pyrrole nitrogens is 1. The third-order valence-corrected chi connectivity index (χ3v) is 6.88. The Labute approximate surface area is 218 Å². The zero-order valence-corrected chi connectivity index (χ0v) is 21.5. The van der Waals surface area contributed by atoms with Gasteiger partial charge in [-0.3, -0.25) is 14.9 Å². The number of aromatic nitrogens is 3. The number of amides is 1. The third kappa shape index (κ3) is 4.11. The Bertz CT molecular complexity index is 1460. The highest BCUT2D eigenvalue weighted by Crippen LogP contribution is 2.49. The van der Waals surface area contributed by atoms with Crippen molar-refractivity contribution in [3.8, 4) is 34.3 Å². The number of aromatic hydroxyl groups is 1. The summed E-state index contributed by atoms with van der Waals surface area (Å²) in [6.45, 7) is 2.09. The first kappa shape index (κ1) is 24.5. The Morgan fingerprint density at radius 1 is 1.11 bits per heavy atom. The molecule has 0 aliphatic carbocycles. The van der Waals surface area contributed by atoms with Crippen molar-refractivity contribution in [2.75, 3.05) is 21.3 Å². The Kier molecular flexibility index (Phi) is 6.39. The minimum Gasteiger partial charge on any atom is -0.507 e. The van der Waals surface area contributed by atoms with Gasteiger partial charge in [-0.1, -0.05) is 17.7 Å². The lowest BCUT2D eigenvalue weighted by molar-refractivity contribution is 0.0729. The second-order valence-corrected chi connectivity index (χ2v) is 9.04. The number of carbonyl (C=O) groups is 1. The van der Waals surface area contributed by atoms with Crippen LogP contribution in [0.1, 0.15) is 38.8 Å². The average Bonchev–Trinajstić information content (AvgIpc) is 3.44. The molecule has 0 saturated heterocycles. The van der Waals surface area contributed by atoms with Gasteiger partial charge < -0.3 is 24.2 Å². The van der Waals surface area contributed by atoms with Crippen LogP contribution in [0.5, 0.6) is 23.0 Å². The maximum atomic E-state index is 13.7. The number of phenols is 1. The van der Waals surface area contributed by atoms with Gasteiger partial charge >= 0.3 is 0 Å². The van der Waals surface area contributed by atoms with E-state index < -0.39 is 6.04 Å². The Balaban J connectivity index is 1.74. The molecular formula is C27H25ClN4O5. The Morgan fingerprint density at radius 3 is 2.46 bits per heavy atom. The van der Waals surface area contributed by atoms with E-state index in [1.165, 1.54) is 21.3 Å². The molecule has 190 valence electrons. The minimum atomic E-state index is -0.593. The van der Waals surface area contributed by atoms with Crippen LogP contribution in [0.2, 0.25) is 5.02 Å². The van der Waals surface area contributed by atoms with Gasteiger partial charge in [-0.25, -0.2) is 0 Å². The first-order chi connectivity index (χ1) is 17.9. The number of nitrogens with zero attached hydrogens (tertiary/aromatic N) is 3. The summed E-state index contributed by atoms with van der Waals surface area (Å²) >= 11 is 6.40. The molecule has 4 aromatic rings. The van der Waals surface area contributed by atoms with Gasteiger partial charge in [0.2, 0.25) is 5.75 Å². The van der Waals surface area contributed by atoms with Crippen LogP contribution < -0.4 is 14.2 Å². The first-order valence-electron chi connectivity index (χ1n) is 11.4. The van der Waals surface area contributed by atoms with Crippen LogP contribution in [-0.4, -0.2) is 52.4 Å². The molecular weight excluding hydrogens is 496 g/mol. The van der Waals surface area contributed by atoms with Gasteiger partial charge in [0.15, 0.2) is 11.5 Å². The molecule has 10 heteroatoms. The van der Waals surface area contributed by atoms with Crippen molar-refractivity contribution in [2.45, 2.75) is 19.5 Å². The highest BCUT2D eigenvalue weighted by Gasteiger charge is 2.43. The molecule has 1 aliphatic rings. The fourth-order valence-corrected chi connectivity index (χ4v) is 4.88. The normalized spacial score (nSPS) is 14.6. The average molecular weight is 521 g/mol. The molecule has 0 fully saturated rings. The number of aromatic amines is 1.